The van der Waals surface area contributed by atoms with E-state index in [1.54, 1.807) is 0 Å². The first-order chi connectivity index (χ1) is 28.0. The van der Waals surface area contributed by atoms with Crippen LogP contribution in [0.4, 0.5) is 35.1 Å². The molecule has 1 unspecified atom stereocenters. The fraction of sp³-hybridized carbons (Fsp3) is 0.119. The summed E-state index contributed by atoms with van der Waals surface area (Å²) in [5.74, 6) is -13.6. The summed E-state index contributed by atoms with van der Waals surface area (Å²) in [6.45, 7) is 0.728. The second kappa shape index (κ2) is 21.0. The first kappa shape index (κ1) is 48.7. The lowest BCUT2D eigenvalue weighted by molar-refractivity contribution is -0.189. The van der Waals surface area contributed by atoms with E-state index in [-0.39, 0.29) is 18.9 Å². The molecule has 2 aromatic heterocycles. The average Bonchev–Trinajstić information content (AvgIpc) is 3.22. The van der Waals surface area contributed by atoms with Crippen molar-refractivity contribution in [1.82, 2.24) is 9.97 Å². The Balaban J connectivity index is 0.000000303. The summed E-state index contributed by atoms with van der Waals surface area (Å²) in [4.78, 5) is 19.2. The minimum atomic E-state index is -4.12. The number of hydrogen-bond donors (Lipinski definition) is 1. The van der Waals surface area contributed by atoms with E-state index in [0.29, 0.717) is 46.9 Å². The van der Waals surface area contributed by atoms with E-state index in [1.807, 2.05) is 12.1 Å². The maximum Gasteiger partial charge on any atom is 0.351 e. The fourth-order valence-electron chi connectivity index (χ4n) is 4.98. The zero-order chi connectivity index (χ0) is 43.5. The average molecular weight is 1060 g/mol. The van der Waals surface area contributed by atoms with E-state index in [4.69, 9.17) is 20.0 Å². The van der Waals surface area contributed by atoms with E-state index in [0.717, 1.165) is 43.6 Å². The Morgan fingerprint density at radius 2 is 1.05 bits per heavy atom. The summed E-state index contributed by atoms with van der Waals surface area (Å²) in [5.41, 5.74) is -5.55. The molecule has 310 valence electrons. The normalized spacial score (nSPS) is 11.7. The highest BCUT2D eigenvalue weighted by molar-refractivity contribution is 15.0. The number of aromatic nitrogens is 2. The van der Waals surface area contributed by atoms with Crippen LogP contribution in [0.1, 0.15) is 52.8 Å². The molecule has 0 fully saturated rings. The topological polar surface area (TPSA) is 129 Å². The Morgan fingerprint density at radius 1 is 0.633 bits per heavy atom. The third kappa shape index (κ3) is 11.5. The first-order valence-electron chi connectivity index (χ1n) is 16.3. The summed E-state index contributed by atoms with van der Waals surface area (Å²) in [5, 5.41) is 27.9. The van der Waals surface area contributed by atoms with Crippen molar-refractivity contribution in [3.05, 3.63) is 178 Å². The number of ketones is 1. The van der Waals surface area contributed by atoms with Gasteiger partial charge in [0.2, 0.25) is 5.78 Å². The number of carbonyl (C=O) groups is 1. The van der Waals surface area contributed by atoms with Crippen LogP contribution in [0.2, 0.25) is 0 Å². The lowest BCUT2D eigenvalue weighted by atomic mass is 9.86. The number of hydrogen-bond acceptors (Lipinski definition) is 8. The molecule has 60 heavy (non-hydrogen) atoms. The van der Waals surface area contributed by atoms with Crippen LogP contribution in [-0.4, -0.2) is 20.9 Å². The van der Waals surface area contributed by atoms with Gasteiger partial charge in [-0.1, -0.05) is 13.5 Å². The molecule has 0 aliphatic carbocycles. The molecule has 4 aromatic carbocycles. The molecule has 0 spiro atoms. The Labute approximate surface area is 361 Å². The van der Waals surface area contributed by atoms with Gasteiger partial charge in [0.15, 0.2) is 5.60 Å². The third-order valence-electron chi connectivity index (χ3n) is 8.08. The predicted molar refractivity (Wildman–Crippen MR) is 220 cm³/mol. The largest absolute Gasteiger partial charge is 0.456 e. The van der Waals surface area contributed by atoms with Crippen molar-refractivity contribution in [3.8, 4) is 35.1 Å². The van der Waals surface area contributed by atoms with Crippen LogP contribution in [0.5, 0.6) is 23.0 Å². The number of alkyl halides is 4. The van der Waals surface area contributed by atoms with Gasteiger partial charge in [0.25, 0.3) is 0 Å². The second-order valence-electron chi connectivity index (χ2n) is 12.0. The monoisotopic (exact) mass is 1060 g/mol. The molecule has 1 atom stereocenters. The van der Waals surface area contributed by atoms with Crippen LogP contribution in [0, 0.1) is 45.9 Å². The molecular formula is C42H28F8I2N4O4. The van der Waals surface area contributed by atoms with E-state index >= 15 is 0 Å². The molecule has 6 aromatic rings. The van der Waals surface area contributed by atoms with Crippen molar-refractivity contribution in [2.24, 2.45) is 0 Å². The van der Waals surface area contributed by atoms with Gasteiger partial charge >= 0.3 is 11.8 Å². The highest BCUT2D eigenvalue weighted by Crippen LogP contribution is 2.45. The van der Waals surface area contributed by atoms with Crippen molar-refractivity contribution >= 4 is 43.0 Å². The van der Waals surface area contributed by atoms with Crippen molar-refractivity contribution in [1.29, 1.82) is 10.5 Å². The number of benzene rings is 4. The molecule has 18 heteroatoms. The van der Waals surface area contributed by atoms with Gasteiger partial charge in [-0.05, 0) is 97.9 Å². The SMILES string of the molecule is C.CC(O)(c1ccc(F)cc1F)C(F)(F)c1ccc(Oc2ccc(C#N)cc2)cn1.II.N#Cc1ccc(Oc2ccc(C(F)(F)C(=O)c3ccc(F)cc3F)nc2)cc1. The van der Waals surface area contributed by atoms with Gasteiger partial charge in [-0.2, -0.15) is 28.1 Å². The standard InChI is InChI=1S/C21H14F4N2O2.C20H10F4N2O2.CH4.I2/c1-20(28,17-8-4-14(22)10-18(17)23)21(24,25)19-9-7-16(12-27-19)29-15-5-2-13(11-26)3-6-15;21-13-3-7-16(17(22)9-13)19(27)20(23,24)18-8-6-15(11-26-18)28-14-4-1-12(10-25)2-5-14;;1-2/h2-10,12,28H,1H3;1-9,11H;1H4;. The Kier molecular flexibility index (Phi) is 17.0. The number of pyridine rings is 2. The Bertz CT molecular complexity index is 2480. The van der Waals surface area contributed by atoms with E-state index in [9.17, 15) is 45.0 Å². The number of aliphatic hydroxyl groups is 1. The van der Waals surface area contributed by atoms with Gasteiger partial charge in [0.1, 0.15) is 57.7 Å². The fourth-order valence-corrected chi connectivity index (χ4v) is 4.98. The third-order valence-corrected chi connectivity index (χ3v) is 8.08. The number of ether oxygens (including phenoxy) is 2. The highest BCUT2D eigenvalue weighted by atomic mass is 128. The predicted octanol–water partition coefficient (Wildman–Crippen LogP) is 12.4. The number of halogens is 10. The van der Waals surface area contributed by atoms with Crippen molar-refractivity contribution < 1.29 is 54.5 Å². The molecule has 0 bridgehead atoms. The van der Waals surface area contributed by atoms with Crippen LogP contribution < -0.4 is 9.47 Å². The lowest BCUT2D eigenvalue weighted by Gasteiger charge is -2.32. The molecule has 0 saturated carbocycles. The summed E-state index contributed by atoms with van der Waals surface area (Å²) in [6, 6.07) is 24.0. The smallest absolute Gasteiger partial charge is 0.351 e. The maximum atomic E-state index is 14.9. The summed E-state index contributed by atoms with van der Waals surface area (Å²) >= 11 is 4.24. The minimum Gasteiger partial charge on any atom is -0.456 e. The van der Waals surface area contributed by atoms with Crippen molar-refractivity contribution in [3.63, 3.8) is 0 Å². The summed E-state index contributed by atoms with van der Waals surface area (Å²) in [6.07, 6.45) is 2.01. The van der Waals surface area contributed by atoms with Gasteiger partial charge in [-0.3, -0.25) is 14.8 Å². The molecular weight excluding hydrogens is 1030 g/mol. The molecule has 6 rings (SSSR count). The van der Waals surface area contributed by atoms with Crippen LogP contribution in [0.25, 0.3) is 0 Å². The molecule has 0 aliphatic rings. The molecule has 0 radical (unpaired) electrons. The van der Waals surface area contributed by atoms with E-state index in [1.165, 1.54) is 60.7 Å². The number of Topliss-reactive ketones (excluding diaryl/α,β-unsaturated/α-hetero) is 1. The zero-order valence-corrected chi connectivity index (χ0v) is 34.1. The highest BCUT2D eigenvalue weighted by Gasteiger charge is 2.54. The quantitative estimate of drug-likeness (QED) is 0.0816. The summed E-state index contributed by atoms with van der Waals surface area (Å²) < 4.78 is 123. The molecule has 0 saturated heterocycles. The van der Waals surface area contributed by atoms with Crippen LogP contribution in [0.15, 0.2) is 122 Å². The van der Waals surface area contributed by atoms with Gasteiger partial charge in [-0.25, -0.2) is 17.6 Å². The van der Waals surface area contributed by atoms with Gasteiger partial charge < -0.3 is 14.6 Å². The van der Waals surface area contributed by atoms with Crippen molar-refractivity contribution in [2.75, 3.05) is 0 Å². The molecule has 1 N–H and O–H groups in total. The number of nitriles is 2. The Hall–Kier alpha value is -5.71. The van der Waals surface area contributed by atoms with Gasteiger partial charge in [0, 0.05) is 54.9 Å². The summed E-state index contributed by atoms with van der Waals surface area (Å²) in [7, 11) is 0. The van der Waals surface area contributed by atoms with Crippen LogP contribution in [0.3, 0.4) is 0 Å². The molecule has 0 amide bonds. The molecule has 0 aliphatic heterocycles. The number of carbonyl (C=O) groups excluding carboxylic acids is 1. The first-order valence-corrected chi connectivity index (χ1v) is 22.6. The second-order valence-corrected chi connectivity index (χ2v) is 12.0. The van der Waals surface area contributed by atoms with Gasteiger partial charge in [-0.15, -0.1) is 0 Å². The van der Waals surface area contributed by atoms with Crippen LogP contribution in [-0.2, 0) is 17.4 Å². The molecule has 8 nitrogen and oxygen atoms in total. The minimum absolute atomic E-state index is 0. The molecule has 2 heterocycles. The lowest BCUT2D eigenvalue weighted by Crippen LogP contribution is -2.42. The van der Waals surface area contributed by atoms with Crippen molar-refractivity contribution in [2.45, 2.75) is 31.8 Å². The van der Waals surface area contributed by atoms with Crippen LogP contribution >= 0.6 is 37.2 Å². The van der Waals surface area contributed by atoms with Gasteiger partial charge in [0.05, 0.1) is 41.2 Å². The zero-order valence-electron chi connectivity index (χ0n) is 29.8. The number of rotatable bonds is 10. The van der Waals surface area contributed by atoms with E-state index in [2.05, 4.69) is 47.2 Å². The number of nitrogens with zero attached hydrogens (tertiary/aromatic N) is 4. The maximum absolute atomic E-state index is 14.9. The Morgan fingerprint density at radius 3 is 1.45 bits per heavy atom. The van der Waals surface area contributed by atoms with E-state index < -0.39 is 69.0 Å².